The van der Waals surface area contributed by atoms with Crippen LogP contribution in [0.5, 0.6) is 0 Å². The zero-order chi connectivity index (χ0) is 28.3. The first kappa shape index (κ1) is 31.7. The summed E-state index contributed by atoms with van der Waals surface area (Å²) in [5, 5.41) is 30.6. The van der Waals surface area contributed by atoms with Crippen molar-refractivity contribution in [2.75, 3.05) is 26.2 Å². The SMILES string of the molecule is CC(C)CCC[C@@H](C)[C@H]1CC[C@H]2[C@@H]3C[C@@H](NCCCNCCCCN)[C@@]4(O)C[C@@H](O)CC[C@]4(C)[C@H]3CC[C@]12C. The molecule has 0 bridgehead atoms. The molecule has 5 nitrogen and oxygen atoms in total. The van der Waals surface area contributed by atoms with Gasteiger partial charge in [-0.05, 0) is 131 Å². The highest BCUT2D eigenvalue weighted by Crippen LogP contribution is 2.69. The van der Waals surface area contributed by atoms with Crippen LogP contribution in [0.3, 0.4) is 0 Å². The third-order valence-corrected chi connectivity index (χ3v) is 12.8. The van der Waals surface area contributed by atoms with E-state index in [1.54, 1.807) is 0 Å². The van der Waals surface area contributed by atoms with E-state index in [9.17, 15) is 10.2 Å². The monoisotopic (exact) mass is 548 g/mol. The molecule has 5 heteroatoms. The highest BCUT2D eigenvalue weighted by Gasteiger charge is 2.67. The predicted molar refractivity (Wildman–Crippen MR) is 163 cm³/mol. The van der Waals surface area contributed by atoms with Crippen molar-refractivity contribution >= 4 is 0 Å². The molecule has 0 aromatic rings. The second-order valence-corrected chi connectivity index (χ2v) is 15.5. The summed E-state index contributed by atoms with van der Waals surface area (Å²) in [5.41, 5.74) is 5.16. The maximum absolute atomic E-state index is 12.5. The third kappa shape index (κ3) is 6.43. The summed E-state index contributed by atoms with van der Waals surface area (Å²) in [7, 11) is 0. The van der Waals surface area contributed by atoms with E-state index in [1.807, 2.05) is 0 Å². The number of hydrogen-bond donors (Lipinski definition) is 5. The van der Waals surface area contributed by atoms with Gasteiger partial charge in [0.05, 0.1) is 11.7 Å². The molecule has 228 valence electrons. The van der Waals surface area contributed by atoms with Crippen molar-refractivity contribution in [1.82, 2.24) is 10.6 Å². The maximum Gasteiger partial charge on any atom is 0.0880 e. The summed E-state index contributed by atoms with van der Waals surface area (Å²) in [6, 6.07) is 0.0841. The van der Waals surface area contributed by atoms with E-state index < -0.39 is 5.60 Å². The molecule has 4 saturated carbocycles. The van der Waals surface area contributed by atoms with Crippen LogP contribution in [-0.4, -0.2) is 54.1 Å². The van der Waals surface area contributed by atoms with Gasteiger partial charge in [0.2, 0.25) is 0 Å². The quantitative estimate of drug-likeness (QED) is 0.176. The van der Waals surface area contributed by atoms with Crippen molar-refractivity contribution in [3.63, 3.8) is 0 Å². The molecule has 4 aliphatic rings. The number of hydrogen-bond acceptors (Lipinski definition) is 5. The summed E-state index contributed by atoms with van der Waals surface area (Å²) < 4.78 is 0. The first-order valence-electron chi connectivity index (χ1n) is 17.1. The molecule has 39 heavy (non-hydrogen) atoms. The van der Waals surface area contributed by atoms with Gasteiger partial charge < -0.3 is 26.6 Å². The van der Waals surface area contributed by atoms with E-state index in [4.69, 9.17) is 5.73 Å². The van der Waals surface area contributed by atoms with Gasteiger partial charge in [-0.25, -0.2) is 0 Å². The minimum atomic E-state index is -0.809. The summed E-state index contributed by atoms with van der Waals surface area (Å²) in [5.74, 6) is 4.56. The lowest BCUT2D eigenvalue weighted by atomic mass is 9.42. The Kier molecular flexibility index (Phi) is 10.9. The van der Waals surface area contributed by atoms with Crippen molar-refractivity contribution in [3.05, 3.63) is 0 Å². The summed E-state index contributed by atoms with van der Waals surface area (Å²) in [6.07, 6.45) is 15.9. The molecule has 0 amide bonds. The molecule has 0 radical (unpaired) electrons. The van der Waals surface area contributed by atoms with Crippen LogP contribution in [0.4, 0.5) is 0 Å². The molecule has 0 heterocycles. The Bertz CT molecular complexity index is 763. The van der Waals surface area contributed by atoms with E-state index in [2.05, 4.69) is 45.3 Å². The summed E-state index contributed by atoms with van der Waals surface area (Å²) >= 11 is 0. The van der Waals surface area contributed by atoms with Crippen molar-refractivity contribution < 1.29 is 10.2 Å². The Morgan fingerprint density at radius 2 is 1.64 bits per heavy atom. The van der Waals surface area contributed by atoms with Gasteiger partial charge in [-0.3, -0.25) is 0 Å². The van der Waals surface area contributed by atoms with Crippen LogP contribution in [0.25, 0.3) is 0 Å². The minimum absolute atomic E-state index is 0.0841. The Balaban J connectivity index is 1.45. The van der Waals surface area contributed by atoms with Gasteiger partial charge in [-0.2, -0.15) is 0 Å². The molecule has 10 atom stereocenters. The maximum atomic E-state index is 12.5. The Labute approximate surface area is 241 Å². The van der Waals surface area contributed by atoms with Crippen LogP contribution < -0.4 is 16.4 Å². The topological polar surface area (TPSA) is 90.5 Å². The highest BCUT2D eigenvalue weighted by molar-refractivity contribution is 5.18. The minimum Gasteiger partial charge on any atom is -0.393 e. The number of fused-ring (bicyclic) bond motifs is 5. The van der Waals surface area contributed by atoms with Gasteiger partial charge in [0.15, 0.2) is 0 Å². The second kappa shape index (κ2) is 13.4. The molecule has 0 aromatic carbocycles. The number of aliphatic hydroxyl groups excluding tert-OH is 1. The molecule has 0 saturated heterocycles. The highest BCUT2D eigenvalue weighted by atomic mass is 16.3. The van der Waals surface area contributed by atoms with Gasteiger partial charge in [-0.1, -0.05) is 53.9 Å². The van der Waals surface area contributed by atoms with Gasteiger partial charge in [0.25, 0.3) is 0 Å². The molecule has 4 fully saturated rings. The normalized spacial score (nSPS) is 42.7. The number of rotatable bonds is 14. The van der Waals surface area contributed by atoms with Crippen LogP contribution in [0, 0.1) is 46.3 Å². The molecule has 0 aliphatic heterocycles. The van der Waals surface area contributed by atoms with Crippen LogP contribution in [0.2, 0.25) is 0 Å². The largest absolute Gasteiger partial charge is 0.393 e. The van der Waals surface area contributed by atoms with Gasteiger partial charge in [0.1, 0.15) is 0 Å². The fraction of sp³-hybridized carbons (Fsp3) is 1.00. The van der Waals surface area contributed by atoms with Crippen LogP contribution in [-0.2, 0) is 0 Å². The Morgan fingerprint density at radius 1 is 0.872 bits per heavy atom. The van der Waals surface area contributed by atoms with E-state index in [1.165, 1.54) is 44.9 Å². The van der Waals surface area contributed by atoms with Crippen LogP contribution in [0.15, 0.2) is 0 Å². The predicted octanol–water partition coefficient (Wildman–Crippen LogP) is 5.87. The van der Waals surface area contributed by atoms with Gasteiger partial charge >= 0.3 is 0 Å². The van der Waals surface area contributed by atoms with E-state index in [0.29, 0.717) is 23.7 Å². The van der Waals surface area contributed by atoms with Gasteiger partial charge in [0, 0.05) is 17.9 Å². The fourth-order valence-corrected chi connectivity index (χ4v) is 10.6. The lowest BCUT2D eigenvalue weighted by molar-refractivity contribution is -0.234. The molecule has 6 N–H and O–H groups in total. The molecule has 4 rings (SSSR count). The summed E-state index contributed by atoms with van der Waals surface area (Å²) in [4.78, 5) is 0. The van der Waals surface area contributed by atoms with E-state index in [-0.39, 0.29) is 17.6 Å². The van der Waals surface area contributed by atoms with Crippen molar-refractivity contribution in [2.45, 2.75) is 142 Å². The Morgan fingerprint density at radius 3 is 2.38 bits per heavy atom. The first-order valence-corrected chi connectivity index (χ1v) is 17.1. The zero-order valence-corrected chi connectivity index (χ0v) is 26.3. The molecule has 0 aromatic heterocycles. The second-order valence-electron chi connectivity index (χ2n) is 15.5. The smallest absolute Gasteiger partial charge is 0.0880 e. The van der Waals surface area contributed by atoms with E-state index in [0.717, 1.165) is 88.4 Å². The molecular formula is C34H65N3O2. The molecule has 4 aliphatic carbocycles. The van der Waals surface area contributed by atoms with Crippen LogP contribution in [0.1, 0.15) is 125 Å². The van der Waals surface area contributed by atoms with Gasteiger partial charge in [-0.15, -0.1) is 0 Å². The third-order valence-electron chi connectivity index (χ3n) is 12.8. The van der Waals surface area contributed by atoms with Crippen molar-refractivity contribution in [3.8, 4) is 0 Å². The fourth-order valence-electron chi connectivity index (χ4n) is 10.6. The number of nitrogens with two attached hydrogens (primary N) is 1. The van der Waals surface area contributed by atoms with Crippen molar-refractivity contribution in [2.24, 2.45) is 52.1 Å². The molecule has 0 spiro atoms. The lowest BCUT2D eigenvalue weighted by Crippen LogP contribution is -2.71. The number of unbranched alkanes of at least 4 members (excludes halogenated alkanes) is 1. The number of aliphatic hydroxyl groups is 2. The average Bonchev–Trinajstić information content (AvgIpc) is 3.24. The molecule has 0 unspecified atom stereocenters. The lowest BCUT2D eigenvalue weighted by Gasteiger charge is -2.66. The molecular weight excluding hydrogens is 482 g/mol. The zero-order valence-electron chi connectivity index (χ0n) is 26.3. The summed E-state index contributed by atoms with van der Waals surface area (Å²) in [6.45, 7) is 16.1. The average molecular weight is 548 g/mol. The van der Waals surface area contributed by atoms with E-state index >= 15 is 0 Å². The standard InChI is InChI=1S/C34H65N3O2/c1-24(2)10-8-11-25(3)28-12-13-29-27-22-31(37-21-9-20-36-19-7-6-18-35)34(39)23-26(38)14-17-33(34,5)30(27)15-16-32(28,29)4/h24-31,36-39H,6-23,35H2,1-5H3/t25-,26+,27+,28-,29+,30+,31-,32-,33-,34+/m1/s1. The number of nitrogens with one attached hydrogen (secondary N) is 2. The Hall–Kier alpha value is -0.200. The van der Waals surface area contributed by atoms with Crippen LogP contribution >= 0.6 is 0 Å². The first-order chi connectivity index (χ1) is 18.6. The van der Waals surface area contributed by atoms with Crippen molar-refractivity contribution in [1.29, 1.82) is 0 Å².